The first kappa shape index (κ1) is 16.3. The Kier molecular flexibility index (Phi) is 4.12. The van der Waals surface area contributed by atoms with Crippen molar-refractivity contribution in [2.75, 3.05) is 30.0 Å². The maximum absolute atomic E-state index is 12.5. The van der Waals surface area contributed by atoms with Crippen molar-refractivity contribution < 1.29 is 24.2 Å². The molecule has 2 aliphatic rings. The van der Waals surface area contributed by atoms with Crippen LogP contribution in [0.4, 0.5) is 11.4 Å². The topological polar surface area (TPSA) is 88.1 Å². The molecule has 1 saturated heterocycles. The number of hydrogen-bond donors (Lipinski definition) is 2. The van der Waals surface area contributed by atoms with Gasteiger partial charge >= 0.3 is 0 Å². The van der Waals surface area contributed by atoms with E-state index in [0.29, 0.717) is 42.6 Å². The van der Waals surface area contributed by atoms with Crippen LogP contribution in [0.3, 0.4) is 0 Å². The third-order valence-corrected chi connectivity index (χ3v) is 4.45. The molecule has 7 nitrogen and oxygen atoms in total. The highest BCUT2D eigenvalue weighted by molar-refractivity contribution is 6.03. The summed E-state index contributed by atoms with van der Waals surface area (Å²) >= 11 is 0. The molecule has 4 rings (SSSR count). The van der Waals surface area contributed by atoms with Gasteiger partial charge in [0.15, 0.2) is 11.5 Å². The van der Waals surface area contributed by atoms with Gasteiger partial charge in [-0.3, -0.25) is 9.59 Å². The predicted molar refractivity (Wildman–Crippen MR) is 94.6 cm³/mol. The molecule has 7 heteroatoms. The van der Waals surface area contributed by atoms with Crippen molar-refractivity contribution in [2.24, 2.45) is 5.92 Å². The molecular weight excluding hydrogens is 336 g/mol. The zero-order valence-electron chi connectivity index (χ0n) is 14.0. The number of carbonyl (C=O) groups excluding carboxylic acids is 2. The third-order valence-electron chi connectivity index (χ3n) is 4.45. The van der Waals surface area contributed by atoms with Gasteiger partial charge in [0, 0.05) is 36.5 Å². The Hall–Kier alpha value is -3.22. The summed E-state index contributed by atoms with van der Waals surface area (Å²) in [5, 5.41) is 12.2. The molecule has 26 heavy (non-hydrogen) atoms. The molecule has 2 amide bonds. The second-order valence-corrected chi connectivity index (χ2v) is 6.27. The van der Waals surface area contributed by atoms with Gasteiger partial charge in [-0.2, -0.15) is 0 Å². The molecule has 0 saturated carbocycles. The molecule has 0 unspecified atom stereocenters. The van der Waals surface area contributed by atoms with Gasteiger partial charge in [-0.1, -0.05) is 6.07 Å². The molecule has 2 N–H and O–H groups in total. The van der Waals surface area contributed by atoms with Gasteiger partial charge in [0.2, 0.25) is 11.8 Å². The van der Waals surface area contributed by atoms with Crippen LogP contribution in [-0.2, 0) is 9.59 Å². The molecule has 2 aromatic rings. The lowest BCUT2D eigenvalue weighted by Crippen LogP contribution is -2.28. The smallest absolute Gasteiger partial charge is 0.229 e. The van der Waals surface area contributed by atoms with E-state index in [0.717, 1.165) is 0 Å². The largest absolute Gasteiger partial charge is 0.508 e. The molecule has 2 aliphatic heterocycles. The molecule has 1 fully saturated rings. The van der Waals surface area contributed by atoms with Crippen LogP contribution in [0.25, 0.3) is 0 Å². The number of aromatic hydroxyl groups is 1. The molecule has 0 spiro atoms. The average molecular weight is 354 g/mol. The van der Waals surface area contributed by atoms with E-state index in [9.17, 15) is 14.7 Å². The van der Waals surface area contributed by atoms with Crippen molar-refractivity contribution >= 4 is 23.2 Å². The number of anilines is 2. The second-order valence-electron chi connectivity index (χ2n) is 6.27. The SMILES string of the molecule is O=C(Nc1cccc(O)c1)[C@H]1CC(=O)N(c2ccc3c(c2)OCCO3)C1. The summed E-state index contributed by atoms with van der Waals surface area (Å²) in [5.41, 5.74) is 1.19. The Morgan fingerprint density at radius 3 is 2.73 bits per heavy atom. The third kappa shape index (κ3) is 3.15. The highest BCUT2D eigenvalue weighted by atomic mass is 16.6. The van der Waals surface area contributed by atoms with Crippen LogP contribution in [0.1, 0.15) is 6.42 Å². The number of carbonyl (C=O) groups is 2. The monoisotopic (exact) mass is 354 g/mol. The van der Waals surface area contributed by atoms with Crippen LogP contribution in [0.2, 0.25) is 0 Å². The fourth-order valence-electron chi connectivity index (χ4n) is 3.16. The van der Waals surface area contributed by atoms with E-state index in [-0.39, 0.29) is 24.0 Å². The summed E-state index contributed by atoms with van der Waals surface area (Å²) in [4.78, 5) is 26.5. The Balaban J connectivity index is 1.47. The number of phenols is 1. The van der Waals surface area contributed by atoms with Crippen molar-refractivity contribution in [1.82, 2.24) is 0 Å². The van der Waals surface area contributed by atoms with Crippen molar-refractivity contribution in [3.8, 4) is 17.2 Å². The fourth-order valence-corrected chi connectivity index (χ4v) is 3.16. The van der Waals surface area contributed by atoms with Gasteiger partial charge in [-0.15, -0.1) is 0 Å². The molecule has 1 atom stereocenters. The number of fused-ring (bicyclic) bond motifs is 1. The molecule has 0 aromatic heterocycles. The van der Waals surface area contributed by atoms with Gasteiger partial charge in [0.05, 0.1) is 5.92 Å². The normalized spacial score (nSPS) is 18.7. The van der Waals surface area contributed by atoms with E-state index in [1.54, 1.807) is 35.2 Å². The summed E-state index contributed by atoms with van der Waals surface area (Å²) in [6.07, 6.45) is 0.138. The number of rotatable bonds is 3. The minimum absolute atomic E-state index is 0.0724. The first-order valence-corrected chi connectivity index (χ1v) is 8.40. The zero-order valence-corrected chi connectivity index (χ0v) is 14.0. The van der Waals surface area contributed by atoms with E-state index < -0.39 is 5.92 Å². The van der Waals surface area contributed by atoms with Crippen LogP contribution in [0, 0.1) is 5.92 Å². The van der Waals surface area contributed by atoms with E-state index in [1.807, 2.05) is 0 Å². The molecule has 0 radical (unpaired) electrons. The van der Waals surface area contributed by atoms with Crippen LogP contribution in [-0.4, -0.2) is 36.7 Å². The standard InChI is InChI=1S/C19H18N2O5/c22-15-3-1-2-13(9-15)20-19(24)12-8-18(23)21(11-12)14-4-5-16-17(10-14)26-7-6-25-16/h1-5,9-10,12,22H,6-8,11H2,(H,20,24)/t12-/m0/s1. The number of amides is 2. The summed E-state index contributed by atoms with van der Waals surface area (Å²) in [5.74, 6) is 0.516. The van der Waals surface area contributed by atoms with Crippen LogP contribution < -0.4 is 19.7 Å². The summed E-state index contributed by atoms with van der Waals surface area (Å²) < 4.78 is 11.0. The summed E-state index contributed by atoms with van der Waals surface area (Å²) in [7, 11) is 0. The lowest BCUT2D eigenvalue weighted by molar-refractivity contribution is -0.122. The first-order valence-electron chi connectivity index (χ1n) is 8.40. The maximum Gasteiger partial charge on any atom is 0.229 e. The Labute approximate surface area is 150 Å². The molecular formula is C19H18N2O5. The lowest BCUT2D eigenvalue weighted by atomic mass is 10.1. The molecule has 0 aliphatic carbocycles. The lowest BCUT2D eigenvalue weighted by Gasteiger charge is -2.22. The second kappa shape index (κ2) is 6.59. The predicted octanol–water partition coefficient (Wildman–Crippen LogP) is 2.16. The zero-order chi connectivity index (χ0) is 18.1. The Bertz CT molecular complexity index is 867. The first-order chi connectivity index (χ1) is 12.6. The van der Waals surface area contributed by atoms with Crippen molar-refractivity contribution in [2.45, 2.75) is 6.42 Å². The number of nitrogens with zero attached hydrogens (tertiary/aromatic N) is 1. The Morgan fingerprint density at radius 2 is 1.92 bits per heavy atom. The molecule has 2 heterocycles. The maximum atomic E-state index is 12.5. The molecule has 2 aromatic carbocycles. The fraction of sp³-hybridized carbons (Fsp3) is 0.263. The van der Waals surface area contributed by atoms with Crippen molar-refractivity contribution in [1.29, 1.82) is 0 Å². The van der Waals surface area contributed by atoms with E-state index in [2.05, 4.69) is 5.32 Å². The molecule has 0 bridgehead atoms. The van der Waals surface area contributed by atoms with Gasteiger partial charge in [-0.05, 0) is 24.3 Å². The summed E-state index contributed by atoms with van der Waals surface area (Å²) in [6.45, 7) is 1.27. The molecule has 134 valence electrons. The minimum atomic E-state index is -0.460. The van der Waals surface area contributed by atoms with Crippen LogP contribution >= 0.6 is 0 Å². The number of phenolic OH excluding ortho intramolecular Hbond substituents is 1. The number of ether oxygens (including phenoxy) is 2. The van der Waals surface area contributed by atoms with E-state index in [4.69, 9.17) is 9.47 Å². The quantitative estimate of drug-likeness (QED) is 0.882. The van der Waals surface area contributed by atoms with Gasteiger partial charge in [0.25, 0.3) is 0 Å². The highest BCUT2D eigenvalue weighted by Crippen LogP contribution is 2.36. The number of benzene rings is 2. The summed E-state index contributed by atoms with van der Waals surface area (Å²) in [6, 6.07) is 11.7. The van der Waals surface area contributed by atoms with Gasteiger partial charge in [-0.25, -0.2) is 0 Å². The van der Waals surface area contributed by atoms with Gasteiger partial charge < -0.3 is 24.8 Å². The highest BCUT2D eigenvalue weighted by Gasteiger charge is 2.35. The van der Waals surface area contributed by atoms with E-state index in [1.165, 1.54) is 12.1 Å². The number of hydrogen-bond acceptors (Lipinski definition) is 5. The Morgan fingerprint density at radius 1 is 1.12 bits per heavy atom. The van der Waals surface area contributed by atoms with Crippen LogP contribution in [0.5, 0.6) is 17.2 Å². The van der Waals surface area contributed by atoms with Crippen LogP contribution in [0.15, 0.2) is 42.5 Å². The van der Waals surface area contributed by atoms with Gasteiger partial charge in [0.1, 0.15) is 19.0 Å². The van der Waals surface area contributed by atoms with Crippen molar-refractivity contribution in [3.63, 3.8) is 0 Å². The van der Waals surface area contributed by atoms with E-state index >= 15 is 0 Å². The average Bonchev–Trinajstić information content (AvgIpc) is 3.03. The minimum Gasteiger partial charge on any atom is -0.508 e. The van der Waals surface area contributed by atoms with Crippen molar-refractivity contribution in [3.05, 3.63) is 42.5 Å². The number of nitrogens with one attached hydrogen (secondary N) is 1.